The number of methoxy groups -OCH3 is 1. The molecule has 3 aromatic rings. The number of rotatable bonds is 4. The van der Waals surface area contributed by atoms with E-state index in [1.165, 1.54) is 23.9 Å². The molecule has 138 valence electrons. The zero-order valence-corrected chi connectivity index (χ0v) is 16.6. The van der Waals surface area contributed by atoms with E-state index in [0.717, 1.165) is 22.6 Å². The van der Waals surface area contributed by atoms with E-state index in [1.54, 1.807) is 23.9 Å². The molecule has 0 radical (unpaired) electrons. The summed E-state index contributed by atoms with van der Waals surface area (Å²) in [6.07, 6.45) is 0. The Morgan fingerprint density at radius 3 is 2.63 bits per heavy atom. The van der Waals surface area contributed by atoms with Gasteiger partial charge >= 0.3 is 0 Å². The Morgan fingerprint density at radius 1 is 1.15 bits per heavy atom. The van der Waals surface area contributed by atoms with Crippen molar-refractivity contribution in [1.82, 2.24) is 14.9 Å². The zero-order chi connectivity index (χ0) is 18.1. The Labute approximate surface area is 169 Å². The molecule has 10 heteroatoms. The van der Waals surface area contributed by atoms with Gasteiger partial charge in [-0.15, -0.1) is 27.2 Å². The number of nitrogens with zero attached hydrogens (tertiary/aromatic N) is 5. The van der Waals surface area contributed by atoms with Crippen molar-refractivity contribution < 1.29 is 9.66 Å². The Balaban J connectivity index is 0.00000210. The van der Waals surface area contributed by atoms with Gasteiger partial charge in [-0.2, -0.15) is 9.78 Å². The summed E-state index contributed by atoms with van der Waals surface area (Å²) >= 11 is 1.52. The Hall–Kier alpha value is -2.72. The standard InChI is InChI=1S/C17H13N5O3S.BrH/c1-25-14-4-2-3-12(9-14)16-18-19-17-21(16)20-15(10-26-17)11-5-7-13(8-6-11)22(23)24;/h2-9H,10H2,1H3;1H. The van der Waals surface area contributed by atoms with Crippen LogP contribution in [0.3, 0.4) is 0 Å². The van der Waals surface area contributed by atoms with E-state index in [1.807, 2.05) is 24.3 Å². The molecule has 1 aromatic heterocycles. The lowest BCUT2D eigenvalue weighted by Gasteiger charge is -2.14. The van der Waals surface area contributed by atoms with Crippen molar-refractivity contribution in [1.29, 1.82) is 0 Å². The van der Waals surface area contributed by atoms with Crippen molar-refractivity contribution in [3.63, 3.8) is 0 Å². The minimum Gasteiger partial charge on any atom is -0.497 e. The van der Waals surface area contributed by atoms with Crippen molar-refractivity contribution in [2.75, 3.05) is 12.9 Å². The highest BCUT2D eigenvalue weighted by Gasteiger charge is 2.21. The maximum Gasteiger partial charge on any atom is 0.269 e. The lowest BCUT2D eigenvalue weighted by atomic mass is 10.1. The number of aromatic nitrogens is 3. The fraction of sp³-hybridized carbons (Fsp3) is 0.118. The molecule has 1 aliphatic heterocycles. The van der Waals surface area contributed by atoms with Gasteiger partial charge in [0.1, 0.15) is 5.75 Å². The predicted octanol–water partition coefficient (Wildman–Crippen LogP) is 3.80. The molecule has 27 heavy (non-hydrogen) atoms. The van der Waals surface area contributed by atoms with Crippen LogP contribution in [-0.2, 0) is 0 Å². The highest BCUT2D eigenvalue weighted by atomic mass is 79.9. The first-order chi connectivity index (χ1) is 12.7. The lowest BCUT2D eigenvalue weighted by molar-refractivity contribution is -0.384. The molecule has 8 nitrogen and oxygen atoms in total. The highest BCUT2D eigenvalue weighted by Crippen LogP contribution is 2.30. The third-order valence-corrected chi connectivity index (χ3v) is 4.84. The molecule has 4 rings (SSSR count). The largest absolute Gasteiger partial charge is 0.497 e. The molecule has 0 unspecified atom stereocenters. The van der Waals surface area contributed by atoms with Crippen LogP contribution < -0.4 is 4.74 Å². The fourth-order valence-corrected chi connectivity index (χ4v) is 3.43. The molecule has 0 bridgehead atoms. The van der Waals surface area contributed by atoms with Crippen molar-refractivity contribution in [2.24, 2.45) is 5.10 Å². The van der Waals surface area contributed by atoms with Crippen LogP contribution in [0.4, 0.5) is 5.69 Å². The van der Waals surface area contributed by atoms with Crippen LogP contribution in [0.5, 0.6) is 5.75 Å². The van der Waals surface area contributed by atoms with Crippen LogP contribution in [-0.4, -0.2) is 38.4 Å². The number of nitro benzene ring substituents is 1. The van der Waals surface area contributed by atoms with E-state index in [-0.39, 0.29) is 22.7 Å². The summed E-state index contributed by atoms with van der Waals surface area (Å²) in [7, 11) is 1.61. The molecule has 0 N–H and O–H groups in total. The molecule has 0 saturated heterocycles. The third kappa shape index (κ3) is 3.71. The summed E-state index contributed by atoms with van der Waals surface area (Å²) < 4.78 is 6.96. The van der Waals surface area contributed by atoms with Crippen LogP contribution in [0.25, 0.3) is 11.4 Å². The van der Waals surface area contributed by atoms with Gasteiger partial charge in [-0.05, 0) is 29.8 Å². The summed E-state index contributed by atoms with van der Waals surface area (Å²) in [6.45, 7) is 0. The maximum atomic E-state index is 10.8. The van der Waals surface area contributed by atoms with E-state index in [0.29, 0.717) is 16.7 Å². The Bertz CT molecular complexity index is 1020. The van der Waals surface area contributed by atoms with E-state index in [4.69, 9.17) is 4.74 Å². The van der Waals surface area contributed by atoms with Gasteiger partial charge < -0.3 is 4.74 Å². The minimum atomic E-state index is -0.417. The van der Waals surface area contributed by atoms with Gasteiger partial charge in [0.05, 0.1) is 17.7 Å². The van der Waals surface area contributed by atoms with Crippen molar-refractivity contribution >= 4 is 40.1 Å². The summed E-state index contributed by atoms with van der Waals surface area (Å²) in [5, 5.41) is 24.6. The lowest BCUT2D eigenvalue weighted by Crippen LogP contribution is -2.13. The monoisotopic (exact) mass is 447 g/mol. The summed E-state index contributed by atoms with van der Waals surface area (Å²) in [5.41, 5.74) is 2.54. The Kier molecular flexibility index (Phi) is 5.57. The smallest absolute Gasteiger partial charge is 0.269 e. The van der Waals surface area contributed by atoms with Gasteiger partial charge in [0.2, 0.25) is 5.16 Å². The maximum absolute atomic E-state index is 10.8. The van der Waals surface area contributed by atoms with Crippen molar-refractivity contribution in [2.45, 2.75) is 5.16 Å². The number of fused-ring (bicyclic) bond motifs is 1. The van der Waals surface area contributed by atoms with Crippen LogP contribution in [0.1, 0.15) is 5.56 Å². The average molecular weight is 448 g/mol. The van der Waals surface area contributed by atoms with Crippen LogP contribution in [0, 0.1) is 10.1 Å². The molecular formula is C17H14BrN5O3S. The molecule has 2 heterocycles. The van der Waals surface area contributed by atoms with Crippen LogP contribution in [0.15, 0.2) is 58.8 Å². The quantitative estimate of drug-likeness (QED) is 0.445. The third-order valence-electron chi connectivity index (χ3n) is 3.91. The number of hydrogen-bond donors (Lipinski definition) is 0. The molecule has 0 fully saturated rings. The van der Waals surface area contributed by atoms with Crippen LogP contribution in [0.2, 0.25) is 0 Å². The van der Waals surface area contributed by atoms with Crippen molar-refractivity contribution in [3.05, 3.63) is 64.2 Å². The molecule has 1 aliphatic rings. The van der Waals surface area contributed by atoms with E-state index in [9.17, 15) is 10.1 Å². The second-order valence-electron chi connectivity index (χ2n) is 5.49. The van der Waals surface area contributed by atoms with Crippen LogP contribution >= 0.6 is 28.7 Å². The van der Waals surface area contributed by atoms with Gasteiger partial charge in [-0.1, -0.05) is 23.9 Å². The number of nitro groups is 1. The molecule has 2 aromatic carbocycles. The fourth-order valence-electron chi connectivity index (χ4n) is 2.59. The molecule has 0 saturated carbocycles. The summed E-state index contributed by atoms with van der Waals surface area (Å²) in [6, 6.07) is 13.9. The molecule has 0 spiro atoms. The molecular weight excluding hydrogens is 434 g/mol. The zero-order valence-electron chi connectivity index (χ0n) is 14.1. The average Bonchev–Trinajstić information content (AvgIpc) is 3.11. The molecule has 0 atom stereocenters. The van der Waals surface area contributed by atoms with Gasteiger partial charge in [0.25, 0.3) is 5.69 Å². The normalized spacial score (nSPS) is 12.6. The van der Waals surface area contributed by atoms with E-state index >= 15 is 0 Å². The number of thioether (sulfide) groups is 1. The minimum absolute atomic E-state index is 0. The second-order valence-corrected chi connectivity index (χ2v) is 6.43. The first-order valence-electron chi connectivity index (χ1n) is 7.71. The predicted molar refractivity (Wildman–Crippen MR) is 108 cm³/mol. The number of ether oxygens (including phenoxy) is 1. The summed E-state index contributed by atoms with van der Waals surface area (Å²) in [4.78, 5) is 10.4. The molecule has 0 aliphatic carbocycles. The first-order valence-corrected chi connectivity index (χ1v) is 8.69. The van der Waals surface area contributed by atoms with Gasteiger partial charge in [0, 0.05) is 23.4 Å². The topological polar surface area (TPSA) is 95.4 Å². The number of halogens is 1. The number of non-ortho nitro benzene ring substituents is 1. The number of hydrogen-bond acceptors (Lipinski definition) is 7. The van der Waals surface area contributed by atoms with E-state index in [2.05, 4.69) is 15.3 Å². The van der Waals surface area contributed by atoms with Gasteiger partial charge in [-0.3, -0.25) is 10.1 Å². The first kappa shape index (κ1) is 19.1. The summed E-state index contributed by atoms with van der Waals surface area (Å²) in [5.74, 6) is 1.96. The van der Waals surface area contributed by atoms with Crippen molar-refractivity contribution in [3.8, 4) is 17.1 Å². The Morgan fingerprint density at radius 2 is 1.93 bits per heavy atom. The highest BCUT2D eigenvalue weighted by molar-refractivity contribution is 8.93. The SMILES string of the molecule is Br.COc1cccc(-c2nnc3n2N=C(c2ccc([N+](=O)[O-])cc2)CS3)c1. The van der Waals surface area contributed by atoms with E-state index < -0.39 is 4.92 Å². The molecule has 0 amide bonds. The van der Waals surface area contributed by atoms with Gasteiger partial charge in [-0.25, -0.2) is 0 Å². The van der Waals surface area contributed by atoms with Gasteiger partial charge in [0.15, 0.2) is 5.82 Å². The second kappa shape index (κ2) is 7.89. The number of benzene rings is 2.